The van der Waals surface area contributed by atoms with Gasteiger partial charge in [0.05, 0.1) is 16.7 Å². The largest absolute Gasteiger partial charge is 0.361 e. The first-order valence-corrected chi connectivity index (χ1v) is 8.37. The van der Waals surface area contributed by atoms with E-state index < -0.39 is 0 Å². The summed E-state index contributed by atoms with van der Waals surface area (Å²) in [6.45, 7) is 3.92. The van der Waals surface area contributed by atoms with E-state index in [0.717, 1.165) is 28.0 Å². The topological polar surface area (TPSA) is 83.8 Å². The zero-order valence-corrected chi connectivity index (χ0v) is 14.5. The number of fused-ring (bicyclic) bond motifs is 1. The van der Waals surface area contributed by atoms with Crippen molar-refractivity contribution in [1.82, 2.24) is 20.4 Å². The Balaban J connectivity index is 1.47. The van der Waals surface area contributed by atoms with E-state index in [9.17, 15) is 4.79 Å². The molecule has 0 bridgehead atoms. The van der Waals surface area contributed by atoms with Gasteiger partial charge in [0.2, 0.25) is 0 Å². The van der Waals surface area contributed by atoms with E-state index in [1.165, 1.54) is 0 Å². The Labute approximate surface area is 150 Å². The third-order valence-corrected chi connectivity index (χ3v) is 4.33. The van der Waals surface area contributed by atoms with Crippen LogP contribution in [0.5, 0.6) is 0 Å². The number of amides is 1. The number of aromatic nitrogens is 3. The molecule has 2 heterocycles. The Morgan fingerprint density at radius 2 is 1.88 bits per heavy atom. The number of benzene rings is 2. The van der Waals surface area contributed by atoms with Gasteiger partial charge in [0.25, 0.3) is 5.91 Å². The minimum atomic E-state index is -0.178. The molecule has 0 radical (unpaired) electrons. The molecular formula is C20H18N4O2. The van der Waals surface area contributed by atoms with E-state index >= 15 is 0 Å². The highest BCUT2D eigenvalue weighted by Crippen LogP contribution is 2.20. The Morgan fingerprint density at radius 3 is 2.58 bits per heavy atom. The highest BCUT2D eigenvalue weighted by Gasteiger charge is 2.16. The molecule has 0 saturated heterocycles. The standard InChI is InChI=1S/C20H18N4O2/c1-12-18(13(2)26-24-12)20(25)21-11-14-7-9-15(10-8-14)19-22-16-5-3-4-6-17(16)23-19/h3-10H,11H2,1-2H3,(H,21,25)(H,22,23). The highest BCUT2D eigenvalue weighted by molar-refractivity contribution is 5.96. The average molecular weight is 346 g/mol. The summed E-state index contributed by atoms with van der Waals surface area (Å²) in [4.78, 5) is 20.2. The Kier molecular flexibility index (Phi) is 4.01. The molecule has 2 aromatic heterocycles. The van der Waals surface area contributed by atoms with Gasteiger partial charge in [-0.3, -0.25) is 4.79 Å². The molecule has 0 atom stereocenters. The van der Waals surface area contributed by atoms with Crippen LogP contribution in [0.1, 0.15) is 27.4 Å². The fourth-order valence-corrected chi connectivity index (χ4v) is 2.95. The van der Waals surface area contributed by atoms with Crippen LogP contribution < -0.4 is 5.32 Å². The van der Waals surface area contributed by atoms with Crippen LogP contribution in [0.4, 0.5) is 0 Å². The molecule has 0 spiro atoms. The van der Waals surface area contributed by atoms with Crippen LogP contribution in [0.3, 0.4) is 0 Å². The van der Waals surface area contributed by atoms with Crippen LogP contribution in [-0.2, 0) is 6.54 Å². The second-order valence-electron chi connectivity index (χ2n) is 6.18. The zero-order chi connectivity index (χ0) is 18.1. The van der Waals surface area contributed by atoms with Gasteiger partial charge in [-0.25, -0.2) is 4.98 Å². The zero-order valence-electron chi connectivity index (χ0n) is 14.5. The van der Waals surface area contributed by atoms with Crippen LogP contribution >= 0.6 is 0 Å². The first-order valence-electron chi connectivity index (χ1n) is 8.37. The number of nitrogens with zero attached hydrogens (tertiary/aromatic N) is 2. The molecule has 2 N–H and O–H groups in total. The minimum Gasteiger partial charge on any atom is -0.361 e. The van der Waals surface area contributed by atoms with Gasteiger partial charge < -0.3 is 14.8 Å². The van der Waals surface area contributed by atoms with Crippen molar-refractivity contribution in [3.63, 3.8) is 0 Å². The number of hydrogen-bond acceptors (Lipinski definition) is 4. The third-order valence-electron chi connectivity index (χ3n) is 4.33. The lowest BCUT2D eigenvalue weighted by Gasteiger charge is -2.06. The lowest BCUT2D eigenvalue weighted by molar-refractivity contribution is 0.0949. The number of nitrogens with one attached hydrogen (secondary N) is 2. The van der Waals surface area contributed by atoms with E-state index in [4.69, 9.17) is 4.52 Å². The molecule has 0 saturated carbocycles. The monoisotopic (exact) mass is 346 g/mol. The van der Waals surface area contributed by atoms with Gasteiger partial charge in [0.15, 0.2) is 0 Å². The molecule has 130 valence electrons. The Hall–Kier alpha value is -3.41. The molecule has 0 fully saturated rings. The summed E-state index contributed by atoms with van der Waals surface area (Å²) in [5.74, 6) is 1.18. The van der Waals surface area contributed by atoms with Crippen LogP contribution in [-0.4, -0.2) is 21.0 Å². The molecule has 2 aromatic carbocycles. The van der Waals surface area contributed by atoms with Crippen molar-refractivity contribution in [1.29, 1.82) is 0 Å². The number of carbonyl (C=O) groups excluding carboxylic acids is 1. The van der Waals surface area contributed by atoms with Crippen molar-refractivity contribution in [3.05, 3.63) is 71.1 Å². The predicted octanol–water partition coefficient (Wildman–Crippen LogP) is 3.76. The number of aromatic amines is 1. The molecule has 0 aliphatic rings. The first-order chi connectivity index (χ1) is 12.6. The van der Waals surface area contributed by atoms with Crippen LogP contribution in [0, 0.1) is 13.8 Å². The maximum absolute atomic E-state index is 12.3. The minimum absolute atomic E-state index is 0.178. The number of rotatable bonds is 4. The second-order valence-corrected chi connectivity index (χ2v) is 6.18. The fraction of sp³-hybridized carbons (Fsp3) is 0.150. The molecule has 0 aliphatic carbocycles. The van der Waals surface area contributed by atoms with Gasteiger partial charge in [-0.1, -0.05) is 41.6 Å². The summed E-state index contributed by atoms with van der Waals surface area (Å²) in [5, 5.41) is 6.71. The molecule has 4 rings (SSSR count). The number of para-hydroxylation sites is 2. The SMILES string of the molecule is Cc1noc(C)c1C(=O)NCc1ccc(-c2nc3ccccc3[nH]2)cc1. The second kappa shape index (κ2) is 6.48. The number of hydrogen-bond donors (Lipinski definition) is 2. The van der Waals surface area contributed by atoms with Crippen LogP contribution in [0.15, 0.2) is 53.1 Å². The quantitative estimate of drug-likeness (QED) is 0.589. The maximum Gasteiger partial charge on any atom is 0.257 e. The van der Waals surface area contributed by atoms with Gasteiger partial charge in [-0.2, -0.15) is 0 Å². The molecule has 4 aromatic rings. The van der Waals surface area contributed by atoms with Gasteiger partial charge in [-0.05, 0) is 31.5 Å². The van der Waals surface area contributed by atoms with Crippen LogP contribution in [0.2, 0.25) is 0 Å². The lowest BCUT2D eigenvalue weighted by atomic mass is 10.1. The molecular weight excluding hydrogens is 328 g/mol. The molecule has 6 heteroatoms. The maximum atomic E-state index is 12.3. The summed E-state index contributed by atoms with van der Waals surface area (Å²) in [6.07, 6.45) is 0. The Bertz CT molecular complexity index is 1020. The molecule has 1 amide bonds. The van der Waals surface area contributed by atoms with E-state index in [0.29, 0.717) is 23.6 Å². The summed E-state index contributed by atoms with van der Waals surface area (Å²) in [7, 11) is 0. The molecule has 6 nitrogen and oxygen atoms in total. The van der Waals surface area contributed by atoms with Crippen molar-refractivity contribution in [2.75, 3.05) is 0 Å². The van der Waals surface area contributed by atoms with Crippen molar-refractivity contribution >= 4 is 16.9 Å². The van der Waals surface area contributed by atoms with E-state index in [-0.39, 0.29) is 5.91 Å². The van der Waals surface area contributed by atoms with Crippen LogP contribution in [0.25, 0.3) is 22.4 Å². The average Bonchev–Trinajstić information content (AvgIpc) is 3.23. The number of H-pyrrole nitrogens is 1. The molecule has 0 aliphatic heterocycles. The summed E-state index contributed by atoms with van der Waals surface area (Å²) in [6, 6.07) is 15.9. The van der Waals surface area contributed by atoms with Gasteiger partial charge in [0, 0.05) is 12.1 Å². The van der Waals surface area contributed by atoms with E-state index in [2.05, 4.69) is 20.4 Å². The van der Waals surface area contributed by atoms with Crippen molar-refractivity contribution in [2.24, 2.45) is 0 Å². The summed E-state index contributed by atoms with van der Waals surface area (Å²) in [5.41, 5.74) is 5.06. The third kappa shape index (κ3) is 2.97. The smallest absolute Gasteiger partial charge is 0.257 e. The number of imidazole rings is 1. The van der Waals surface area contributed by atoms with Crippen molar-refractivity contribution in [3.8, 4) is 11.4 Å². The van der Waals surface area contributed by atoms with Gasteiger partial charge in [-0.15, -0.1) is 0 Å². The van der Waals surface area contributed by atoms with Gasteiger partial charge in [0.1, 0.15) is 17.1 Å². The first kappa shape index (κ1) is 16.1. The summed E-state index contributed by atoms with van der Waals surface area (Å²) < 4.78 is 5.04. The van der Waals surface area contributed by atoms with Gasteiger partial charge >= 0.3 is 0 Å². The normalized spacial score (nSPS) is 11.0. The van der Waals surface area contributed by atoms with Crippen molar-refractivity contribution in [2.45, 2.75) is 20.4 Å². The molecule has 26 heavy (non-hydrogen) atoms. The Morgan fingerprint density at radius 1 is 1.12 bits per heavy atom. The molecule has 0 unspecified atom stereocenters. The van der Waals surface area contributed by atoms with Crippen molar-refractivity contribution < 1.29 is 9.32 Å². The lowest BCUT2D eigenvalue weighted by Crippen LogP contribution is -2.23. The fourth-order valence-electron chi connectivity index (χ4n) is 2.95. The van der Waals surface area contributed by atoms with E-state index in [1.54, 1.807) is 13.8 Å². The summed E-state index contributed by atoms with van der Waals surface area (Å²) >= 11 is 0. The highest BCUT2D eigenvalue weighted by atomic mass is 16.5. The van der Waals surface area contributed by atoms with E-state index in [1.807, 2.05) is 48.5 Å². The predicted molar refractivity (Wildman–Crippen MR) is 98.7 cm³/mol. The number of carbonyl (C=O) groups is 1. The number of aryl methyl sites for hydroxylation is 2.